The molecule has 0 spiro atoms. The minimum Gasteiger partial charge on any atom is -0.493 e. The first-order valence-corrected chi connectivity index (χ1v) is 10.3. The van der Waals surface area contributed by atoms with Crippen LogP contribution in [0.25, 0.3) is 6.08 Å². The summed E-state index contributed by atoms with van der Waals surface area (Å²) in [5.74, 6) is 0.565. The van der Waals surface area contributed by atoms with Crippen LogP contribution in [0.1, 0.15) is 16.7 Å². The van der Waals surface area contributed by atoms with Crippen molar-refractivity contribution in [3.8, 4) is 23.6 Å². The van der Waals surface area contributed by atoms with Gasteiger partial charge in [0.25, 0.3) is 5.91 Å². The van der Waals surface area contributed by atoms with E-state index in [1.165, 1.54) is 18.1 Å². The maximum Gasteiger partial charge on any atom is 0.251 e. The number of nitriles is 2. The lowest BCUT2D eigenvalue weighted by Crippen LogP contribution is -2.29. The Morgan fingerprint density at radius 3 is 2.55 bits per heavy atom. The summed E-state index contributed by atoms with van der Waals surface area (Å²) >= 11 is 6.17. The van der Waals surface area contributed by atoms with Crippen molar-refractivity contribution in [3.63, 3.8) is 0 Å². The van der Waals surface area contributed by atoms with Gasteiger partial charge in [0.15, 0.2) is 18.1 Å². The van der Waals surface area contributed by atoms with Gasteiger partial charge in [-0.2, -0.15) is 10.5 Å². The van der Waals surface area contributed by atoms with Crippen LogP contribution in [-0.4, -0.2) is 19.6 Å². The minimum atomic E-state index is -0.318. The lowest BCUT2D eigenvalue weighted by Gasteiger charge is -2.23. The summed E-state index contributed by atoms with van der Waals surface area (Å²) in [7, 11) is 1.50. The minimum absolute atomic E-state index is 0.0979. The maximum atomic E-state index is 13.3. The van der Waals surface area contributed by atoms with Gasteiger partial charge >= 0.3 is 0 Å². The number of nitrogens with zero attached hydrogens (tertiary/aromatic N) is 3. The molecular formula is C26H20ClN3O3. The molecule has 0 fully saturated rings. The van der Waals surface area contributed by atoms with Gasteiger partial charge in [0.2, 0.25) is 0 Å². The Balaban J connectivity index is 1.92. The molecule has 0 N–H and O–H groups in total. The number of ether oxygens (including phenoxy) is 2. The van der Waals surface area contributed by atoms with Gasteiger partial charge < -0.3 is 14.4 Å². The molecule has 6 nitrogen and oxygen atoms in total. The standard InChI is InChI=1S/C26H20ClN3O3/c1-32-25-15-19(7-11-24(25)33-14-13-28)8-12-26(31)30(18-20-5-3-2-4-6-20)23-16-22(27)10-9-21(23)17-29/h2-12,15-16H,14,18H2,1H3/b12-8+. The third kappa shape index (κ3) is 6.13. The molecular weight excluding hydrogens is 438 g/mol. The summed E-state index contributed by atoms with van der Waals surface area (Å²) in [6, 6.07) is 23.5. The van der Waals surface area contributed by atoms with Gasteiger partial charge in [-0.05, 0) is 47.5 Å². The highest BCUT2D eigenvalue weighted by Gasteiger charge is 2.18. The van der Waals surface area contributed by atoms with Crippen molar-refractivity contribution in [2.24, 2.45) is 0 Å². The van der Waals surface area contributed by atoms with Crippen molar-refractivity contribution in [2.75, 3.05) is 18.6 Å². The number of benzene rings is 3. The van der Waals surface area contributed by atoms with Crippen molar-refractivity contribution in [1.82, 2.24) is 0 Å². The first kappa shape index (κ1) is 23.4. The van der Waals surface area contributed by atoms with Crippen molar-refractivity contribution in [1.29, 1.82) is 10.5 Å². The van der Waals surface area contributed by atoms with E-state index in [0.29, 0.717) is 33.3 Å². The van der Waals surface area contributed by atoms with Gasteiger partial charge in [0.05, 0.1) is 24.9 Å². The SMILES string of the molecule is COc1cc(/C=C/C(=O)N(Cc2ccccc2)c2cc(Cl)ccc2C#N)ccc1OCC#N. The predicted octanol–water partition coefficient (Wildman–Crippen LogP) is 5.37. The first-order chi connectivity index (χ1) is 16.0. The largest absolute Gasteiger partial charge is 0.493 e. The number of hydrogen-bond donors (Lipinski definition) is 0. The molecule has 7 heteroatoms. The second-order valence-corrected chi connectivity index (χ2v) is 7.31. The molecule has 0 saturated carbocycles. The number of amides is 1. The highest BCUT2D eigenvalue weighted by atomic mass is 35.5. The monoisotopic (exact) mass is 457 g/mol. The van der Waals surface area contributed by atoms with Crippen LogP contribution < -0.4 is 14.4 Å². The number of carbonyl (C=O) groups excluding carboxylic acids is 1. The molecule has 33 heavy (non-hydrogen) atoms. The smallest absolute Gasteiger partial charge is 0.251 e. The summed E-state index contributed by atoms with van der Waals surface area (Å²) in [5.41, 5.74) is 2.39. The lowest BCUT2D eigenvalue weighted by atomic mass is 10.1. The second-order valence-electron chi connectivity index (χ2n) is 6.87. The number of methoxy groups -OCH3 is 1. The zero-order valence-electron chi connectivity index (χ0n) is 17.9. The van der Waals surface area contributed by atoms with E-state index in [-0.39, 0.29) is 19.1 Å². The van der Waals surface area contributed by atoms with E-state index in [1.807, 2.05) is 36.4 Å². The van der Waals surface area contributed by atoms with E-state index in [2.05, 4.69) is 6.07 Å². The fourth-order valence-corrected chi connectivity index (χ4v) is 3.31. The van der Waals surface area contributed by atoms with Crippen LogP contribution in [0, 0.1) is 22.7 Å². The van der Waals surface area contributed by atoms with E-state index in [1.54, 1.807) is 42.5 Å². The van der Waals surface area contributed by atoms with Crippen molar-refractivity contribution in [2.45, 2.75) is 6.54 Å². The Labute approximate surface area is 197 Å². The maximum absolute atomic E-state index is 13.3. The van der Waals surface area contributed by atoms with Gasteiger partial charge in [-0.25, -0.2) is 0 Å². The van der Waals surface area contributed by atoms with E-state index < -0.39 is 0 Å². The first-order valence-electron chi connectivity index (χ1n) is 9.96. The lowest BCUT2D eigenvalue weighted by molar-refractivity contribution is -0.114. The van der Waals surface area contributed by atoms with Crippen molar-refractivity contribution in [3.05, 3.63) is 94.5 Å². The fourth-order valence-electron chi connectivity index (χ4n) is 3.15. The third-order valence-corrected chi connectivity index (χ3v) is 4.95. The van der Waals surface area contributed by atoms with E-state index in [0.717, 1.165) is 5.56 Å². The Morgan fingerprint density at radius 2 is 1.85 bits per heavy atom. The quantitative estimate of drug-likeness (QED) is 0.424. The molecule has 0 atom stereocenters. The number of carbonyl (C=O) groups is 1. The molecule has 0 aliphatic heterocycles. The van der Waals surface area contributed by atoms with Crippen molar-refractivity contribution >= 4 is 29.3 Å². The molecule has 1 amide bonds. The highest BCUT2D eigenvalue weighted by Crippen LogP contribution is 2.29. The van der Waals surface area contributed by atoms with Gasteiger partial charge in [-0.15, -0.1) is 0 Å². The zero-order chi connectivity index (χ0) is 23.6. The average molecular weight is 458 g/mol. The van der Waals surface area contributed by atoms with E-state index >= 15 is 0 Å². The van der Waals surface area contributed by atoms with Crippen LogP contribution in [0.3, 0.4) is 0 Å². The fraction of sp³-hybridized carbons (Fsp3) is 0.115. The van der Waals surface area contributed by atoms with E-state index in [9.17, 15) is 10.1 Å². The molecule has 0 aromatic heterocycles. The number of anilines is 1. The third-order valence-electron chi connectivity index (χ3n) is 4.72. The summed E-state index contributed by atoms with van der Waals surface area (Å²) in [6.07, 6.45) is 3.07. The Bertz CT molecular complexity index is 1240. The summed E-state index contributed by atoms with van der Waals surface area (Å²) in [4.78, 5) is 14.8. The number of hydrogen-bond acceptors (Lipinski definition) is 5. The van der Waals surface area contributed by atoms with Crippen LogP contribution in [0.15, 0.2) is 72.8 Å². The highest BCUT2D eigenvalue weighted by molar-refractivity contribution is 6.31. The van der Waals surface area contributed by atoms with Crippen LogP contribution >= 0.6 is 11.6 Å². The second kappa shape index (κ2) is 11.4. The molecule has 3 aromatic rings. The molecule has 164 valence electrons. The normalized spacial score (nSPS) is 10.3. The predicted molar refractivity (Wildman–Crippen MR) is 127 cm³/mol. The van der Waals surface area contributed by atoms with Gasteiger partial charge in [0.1, 0.15) is 12.1 Å². The zero-order valence-corrected chi connectivity index (χ0v) is 18.6. The topological polar surface area (TPSA) is 86.3 Å². The molecule has 0 saturated heterocycles. The van der Waals surface area contributed by atoms with E-state index in [4.69, 9.17) is 26.3 Å². The molecule has 0 bridgehead atoms. The summed E-state index contributed by atoms with van der Waals surface area (Å²) < 4.78 is 10.6. The Morgan fingerprint density at radius 1 is 1.06 bits per heavy atom. The van der Waals surface area contributed by atoms with Gasteiger partial charge in [-0.1, -0.05) is 48.0 Å². The molecule has 0 radical (unpaired) electrons. The van der Waals surface area contributed by atoms with Gasteiger partial charge in [0, 0.05) is 11.1 Å². The van der Waals surface area contributed by atoms with Gasteiger partial charge in [-0.3, -0.25) is 4.79 Å². The molecule has 0 heterocycles. The molecule has 0 aliphatic rings. The summed E-state index contributed by atoms with van der Waals surface area (Å²) in [5, 5.41) is 18.7. The van der Waals surface area contributed by atoms with Crippen LogP contribution in [0.2, 0.25) is 5.02 Å². The summed E-state index contributed by atoms with van der Waals surface area (Å²) in [6.45, 7) is 0.169. The molecule has 3 aromatic carbocycles. The number of rotatable bonds is 8. The van der Waals surface area contributed by atoms with Crippen LogP contribution in [0.5, 0.6) is 11.5 Å². The van der Waals surface area contributed by atoms with Crippen molar-refractivity contribution < 1.29 is 14.3 Å². The van der Waals surface area contributed by atoms with Crippen LogP contribution in [0.4, 0.5) is 5.69 Å². The number of halogens is 1. The van der Waals surface area contributed by atoms with Crippen LogP contribution in [-0.2, 0) is 11.3 Å². The molecule has 0 unspecified atom stereocenters. The average Bonchev–Trinajstić information content (AvgIpc) is 2.85. The molecule has 3 rings (SSSR count). The Kier molecular flexibility index (Phi) is 8.07. The Hall–Kier alpha value is -4.26. The molecule has 0 aliphatic carbocycles.